The Morgan fingerprint density at radius 2 is 1.85 bits per heavy atom. The molecule has 0 aromatic heterocycles. The first-order valence-corrected chi connectivity index (χ1v) is 9.38. The van der Waals surface area contributed by atoms with Gasteiger partial charge < -0.3 is 15.5 Å². The van der Waals surface area contributed by atoms with E-state index in [-0.39, 0.29) is 42.7 Å². The van der Waals surface area contributed by atoms with Gasteiger partial charge in [-0.15, -0.1) is 24.8 Å². The smallest absolute Gasteiger partial charge is 0.236 e. The zero-order valence-corrected chi connectivity index (χ0v) is 18.0. The standard InChI is InChI=1S/C18H34N4O2.2ClH/c1-14(15-5-4-8-19-12-15)11-17(23)20-16-6-9-22(10-7-16)13-18(24)21(2)3;;/h14-16,19H,4-13H2,1-3H3,(H,20,23);2*1H. The minimum Gasteiger partial charge on any atom is -0.353 e. The fraction of sp³-hybridized carbons (Fsp3) is 0.889. The number of likely N-dealkylation sites (N-methyl/N-ethyl adjacent to an activating group) is 1. The Morgan fingerprint density at radius 3 is 2.38 bits per heavy atom. The van der Waals surface area contributed by atoms with Gasteiger partial charge in [-0.05, 0) is 50.6 Å². The highest BCUT2D eigenvalue weighted by atomic mass is 35.5. The van der Waals surface area contributed by atoms with Crippen LogP contribution in [-0.4, -0.2) is 74.5 Å². The van der Waals surface area contributed by atoms with Gasteiger partial charge in [-0.25, -0.2) is 0 Å². The van der Waals surface area contributed by atoms with E-state index in [1.807, 2.05) is 0 Å². The number of carbonyl (C=O) groups excluding carboxylic acids is 2. The fourth-order valence-corrected chi connectivity index (χ4v) is 3.68. The van der Waals surface area contributed by atoms with Crippen LogP contribution in [0.25, 0.3) is 0 Å². The van der Waals surface area contributed by atoms with Crippen LogP contribution >= 0.6 is 24.8 Å². The van der Waals surface area contributed by atoms with E-state index in [1.54, 1.807) is 19.0 Å². The number of halogens is 2. The van der Waals surface area contributed by atoms with Gasteiger partial charge in [-0.3, -0.25) is 14.5 Å². The number of rotatable bonds is 6. The number of nitrogens with one attached hydrogen (secondary N) is 2. The lowest BCUT2D eigenvalue weighted by atomic mass is 9.85. The van der Waals surface area contributed by atoms with E-state index >= 15 is 0 Å². The van der Waals surface area contributed by atoms with Crippen molar-refractivity contribution in [2.24, 2.45) is 11.8 Å². The molecule has 6 nitrogen and oxygen atoms in total. The minimum absolute atomic E-state index is 0. The van der Waals surface area contributed by atoms with Crippen molar-refractivity contribution in [3.63, 3.8) is 0 Å². The van der Waals surface area contributed by atoms with Crippen LogP contribution in [0.1, 0.15) is 39.0 Å². The lowest BCUT2D eigenvalue weighted by Crippen LogP contribution is -2.47. The molecule has 154 valence electrons. The summed E-state index contributed by atoms with van der Waals surface area (Å²) in [6, 6.07) is 0.264. The Hall–Kier alpha value is -0.560. The van der Waals surface area contributed by atoms with E-state index in [0.29, 0.717) is 24.8 Å². The normalized spacial score (nSPS) is 22.5. The second-order valence-corrected chi connectivity index (χ2v) is 7.69. The van der Waals surface area contributed by atoms with Crippen molar-refractivity contribution in [3.8, 4) is 0 Å². The summed E-state index contributed by atoms with van der Waals surface area (Å²) in [4.78, 5) is 27.9. The molecule has 2 amide bonds. The first kappa shape index (κ1) is 25.4. The lowest BCUT2D eigenvalue weighted by Gasteiger charge is -2.33. The summed E-state index contributed by atoms with van der Waals surface area (Å²) in [6.07, 6.45) is 4.96. The molecular weight excluding hydrogens is 375 g/mol. The molecule has 2 rings (SSSR count). The Kier molecular flexibility index (Phi) is 12.5. The van der Waals surface area contributed by atoms with Gasteiger partial charge in [0.1, 0.15) is 0 Å². The molecular formula is C18H36Cl2N4O2. The van der Waals surface area contributed by atoms with Crippen molar-refractivity contribution >= 4 is 36.6 Å². The maximum atomic E-state index is 12.3. The van der Waals surface area contributed by atoms with E-state index in [1.165, 1.54) is 12.8 Å². The number of piperidine rings is 2. The van der Waals surface area contributed by atoms with E-state index in [2.05, 4.69) is 22.5 Å². The second-order valence-electron chi connectivity index (χ2n) is 7.69. The highest BCUT2D eigenvalue weighted by molar-refractivity contribution is 5.85. The average Bonchev–Trinajstić information content (AvgIpc) is 2.57. The average molecular weight is 411 g/mol. The largest absolute Gasteiger partial charge is 0.353 e. The van der Waals surface area contributed by atoms with Crippen molar-refractivity contribution in [3.05, 3.63) is 0 Å². The van der Waals surface area contributed by atoms with Gasteiger partial charge in [0.25, 0.3) is 0 Å². The van der Waals surface area contributed by atoms with Gasteiger partial charge in [0.2, 0.25) is 11.8 Å². The first-order chi connectivity index (χ1) is 11.5. The zero-order chi connectivity index (χ0) is 17.5. The van der Waals surface area contributed by atoms with Gasteiger partial charge in [0, 0.05) is 39.6 Å². The van der Waals surface area contributed by atoms with Crippen molar-refractivity contribution in [2.75, 3.05) is 46.8 Å². The third-order valence-corrected chi connectivity index (χ3v) is 5.46. The van der Waals surface area contributed by atoms with Crippen LogP contribution in [-0.2, 0) is 9.59 Å². The van der Waals surface area contributed by atoms with Crippen LogP contribution in [0.4, 0.5) is 0 Å². The van der Waals surface area contributed by atoms with E-state index in [4.69, 9.17) is 0 Å². The summed E-state index contributed by atoms with van der Waals surface area (Å²) in [5.74, 6) is 1.40. The summed E-state index contributed by atoms with van der Waals surface area (Å²) in [7, 11) is 3.58. The van der Waals surface area contributed by atoms with Gasteiger partial charge in [0.05, 0.1) is 6.54 Å². The SMILES string of the molecule is CC(CC(=O)NC1CCN(CC(=O)N(C)C)CC1)C1CCCNC1.Cl.Cl. The summed E-state index contributed by atoms with van der Waals surface area (Å²) in [6.45, 7) is 6.61. The second kappa shape index (κ2) is 12.8. The number of amides is 2. The molecule has 0 bridgehead atoms. The Bertz CT molecular complexity index is 423. The number of likely N-dealkylation sites (tertiary alicyclic amines) is 1. The van der Waals surface area contributed by atoms with Crippen LogP contribution in [0.2, 0.25) is 0 Å². The maximum absolute atomic E-state index is 12.3. The molecule has 2 atom stereocenters. The highest BCUT2D eigenvalue weighted by Crippen LogP contribution is 2.22. The molecule has 2 heterocycles. The summed E-state index contributed by atoms with van der Waals surface area (Å²) >= 11 is 0. The predicted octanol–water partition coefficient (Wildman–Crippen LogP) is 1.52. The van der Waals surface area contributed by atoms with Crippen LogP contribution in [0, 0.1) is 11.8 Å². The minimum atomic E-state index is 0. The van der Waals surface area contributed by atoms with E-state index in [9.17, 15) is 9.59 Å². The molecule has 2 aliphatic heterocycles. The molecule has 2 saturated heterocycles. The molecule has 2 N–H and O–H groups in total. The summed E-state index contributed by atoms with van der Waals surface area (Å²) in [5, 5.41) is 6.63. The summed E-state index contributed by atoms with van der Waals surface area (Å²) < 4.78 is 0. The fourth-order valence-electron chi connectivity index (χ4n) is 3.68. The lowest BCUT2D eigenvalue weighted by molar-refractivity contribution is -0.130. The van der Waals surface area contributed by atoms with Gasteiger partial charge in [0.15, 0.2) is 0 Å². The van der Waals surface area contributed by atoms with Crippen molar-refractivity contribution in [2.45, 2.75) is 45.1 Å². The Morgan fingerprint density at radius 1 is 1.19 bits per heavy atom. The van der Waals surface area contributed by atoms with E-state index < -0.39 is 0 Å². The van der Waals surface area contributed by atoms with Crippen molar-refractivity contribution < 1.29 is 9.59 Å². The van der Waals surface area contributed by atoms with Gasteiger partial charge in [-0.1, -0.05) is 6.92 Å². The molecule has 0 aromatic rings. The van der Waals surface area contributed by atoms with Crippen molar-refractivity contribution in [1.29, 1.82) is 0 Å². The molecule has 0 radical (unpaired) electrons. The molecule has 2 aliphatic rings. The molecule has 0 spiro atoms. The van der Waals surface area contributed by atoms with Crippen LogP contribution in [0.5, 0.6) is 0 Å². The van der Waals surface area contributed by atoms with E-state index in [0.717, 1.165) is 39.0 Å². The number of carbonyl (C=O) groups is 2. The molecule has 2 fully saturated rings. The number of hydrogen-bond acceptors (Lipinski definition) is 4. The Labute approximate surface area is 170 Å². The summed E-state index contributed by atoms with van der Waals surface area (Å²) in [5.41, 5.74) is 0. The molecule has 26 heavy (non-hydrogen) atoms. The van der Waals surface area contributed by atoms with Gasteiger partial charge >= 0.3 is 0 Å². The topological polar surface area (TPSA) is 64.7 Å². The Balaban J connectivity index is 0.00000312. The molecule has 0 saturated carbocycles. The molecule has 0 aromatic carbocycles. The molecule has 2 unspecified atom stereocenters. The third kappa shape index (κ3) is 8.42. The molecule has 8 heteroatoms. The maximum Gasteiger partial charge on any atom is 0.236 e. The van der Waals surface area contributed by atoms with Crippen LogP contribution in [0.15, 0.2) is 0 Å². The van der Waals surface area contributed by atoms with Crippen molar-refractivity contribution in [1.82, 2.24) is 20.4 Å². The molecule has 0 aliphatic carbocycles. The zero-order valence-electron chi connectivity index (χ0n) is 16.3. The van der Waals surface area contributed by atoms with Crippen LogP contribution in [0.3, 0.4) is 0 Å². The predicted molar refractivity (Wildman–Crippen MR) is 110 cm³/mol. The van der Waals surface area contributed by atoms with Crippen LogP contribution < -0.4 is 10.6 Å². The number of hydrogen-bond donors (Lipinski definition) is 2. The quantitative estimate of drug-likeness (QED) is 0.696. The monoisotopic (exact) mass is 410 g/mol. The number of nitrogens with zero attached hydrogens (tertiary/aromatic N) is 2. The first-order valence-electron chi connectivity index (χ1n) is 9.38. The third-order valence-electron chi connectivity index (χ3n) is 5.46. The highest BCUT2D eigenvalue weighted by Gasteiger charge is 2.25. The van der Waals surface area contributed by atoms with Gasteiger partial charge in [-0.2, -0.15) is 0 Å².